The first-order valence-corrected chi connectivity index (χ1v) is 28.3. The summed E-state index contributed by atoms with van der Waals surface area (Å²) in [4.78, 5) is 19.3. The molecular formula is C42H34F3N7O19S5. The molecule has 0 radical (unpaired) electrons. The molecule has 0 fully saturated rings. The summed E-state index contributed by atoms with van der Waals surface area (Å²) in [6, 6.07) is 27.9. The van der Waals surface area contributed by atoms with Gasteiger partial charge in [-0.1, -0.05) is 6.07 Å². The fourth-order valence-electron chi connectivity index (χ4n) is 4.77. The fraction of sp³-hybridized carbons (Fsp3) is 0.167. The van der Waals surface area contributed by atoms with Crippen LogP contribution in [0, 0.1) is 83.8 Å². The molecule has 0 amide bonds. The first-order chi connectivity index (χ1) is 34.7. The Morgan fingerprint density at radius 1 is 0.447 bits per heavy atom. The molecular weight excluding hydrogens is 1120 g/mol. The molecule has 0 saturated carbocycles. The third kappa shape index (κ3) is 26.0. The van der Waals surface area contributed by atoms with Crippen molar-refractivity contribution in [2.75, 3.05) is 31.3 Å². The molecule has 26 nitrogen and oxygen atoms in total. The zero-order valence-corrected chi connectivity index (χ0v) is 43.4. The molecule has 0 bridgehead atoms. The van der Waals surface area contributed by atoms with E-state index in [9.17, 15) is 75.5 Å². The smallest absolute Gasteiger partial charge is 0.383 e. The predicted molar refractivity (Wildman–Crippen MR) is 256 cm³/mol. The molecule has 0 aliphatic carbocycles. The van der Waals surface area contributed by atoms with Gasteiger partial charge in [-0.3, -0.25) is 20.2 Å². The summed E-state index contributed by atoms with van der Waals surface area (Å²) in [6.07, 6.45) is -0.293. The zero-order valence-electron chi connectivity index (χ0n) is 39.3. The van der Waals surface area contributed by atoms with E-state index in [0.717, 1.165) is 43.2 Å². The van der Waals surface area contributed by atoms with Gasteiger partial charge in [-0.15, -0.1) is 0 Å². The van der Waals surface area contributed by atoms with Crippen LogP contribution in [0.15, 0.2) is 97.1 Å². The predicted octanol–water partition coefficient (Wildman–Crippen LogP) is 5.63. The maximum atomic E-state index is 12.2. The summed E-state index contributed by atoms with van der Waals surface area (Å²) in [7, 11) is -18.5. The highest BCUT2D eigenvalue weighted by molar-refractivity contribution is 7.87. The quantitative estimate of drug-likeness (QED) is 0.0829. The number of benzene rings is 5. The highest BCUT2D eigenvalue weighted by Crippen LogP contribution is 2.35. The average molecular weight is 1160 g/mol. The zero-order chi connectivity index (χ0) is 58.6. The van der Waals surface area contributed by atoms with Gasteiger partial charge in [-0.2, -0.15) is 81.6 Å². The number of alkyl halides is 3. The van der Waals surface area contributed by atoms with Gasteiger partial charge in [0.25, 0.3) is 5.69 Å². The summed E-state index contributed by atoms with van der Waals surface area (Å²) < 4.78 is 167. The van der Waals surface area contributed by atoms with Crippen LogP contribution in [0.25, 0.3) is 0 Å². The van der Waals surface area contributed by atoms with Crippen molar-refractivity contribution in [3.05, 3.63) is 156 Å². The molecule has 0 heterocycles. The number of nitrogens with zero attached hydrogens (tertiary/aromatic N) is 7. The molecule has 0 N–H and O–H groups in total. The number of rotatable bonds is 12. The molecule has 0 aliphatic rings. The monoisotopic (exact) mass is 1160 g/mol. The summed E-state index contributed by atoms with van der Waals surface area (Å²) in [5.74, 6) is -0.708. The number of nitro benzene ring substituents is 2. The standard InChI is InChI=1S/C9H6N2O3S.C9H9NO3S.C8H7F3O3S.C8H5N3O7S.C8H7NO3S/c1-15(12,13)14-9-3-7(5-10)2-8(4-9)6-11;1-7-5-9(13-14(2,11)12)4-3-8(7)6-10;1-15(12,13)14-7-4-2-3-6(5-7)8(9,10)11;1-19(16,17)18-8-2-5(4-9)6(10(12)13)3-7(8)11(14)15;1-13(10,11)12-8-4-2-7(6-9)3-5-8/h2-4H,1H3;3-5H,1-2H3;2-5H,1H3;2-3H,1H3;2-5H,1H3. The lowest BCUT2D eigenvalue weighted by Gasteiger charge is -2.08. The van der Waals surface area contributed by atoms with Crippen LogP contribution in [0.1, 0.15) is 38.9 Å². The van der Waals surface area contributed by atoms with Gasteiger partial charge < -0.3 is 20.9 Å². The Labute approximate surface area is 432 Å². The fourth-order valence-corrected chi connectivity index (χ4v) is 7.04. The Hall–Kier alpha value is -9.11. The van der Waals surface area contributed by atoms with Crippen LogP contribution in [0.2, 0.25) is 0 Å². The van der Waals surface area contributed by atoms with Gasteiger partial charge in [0.2, 0.25) is 5.75 Å². The maximum Gasteiger partial charge on any atom is 0.416 e. The third-order valence-electron chi connectivity index (χ3n) is 7.45. The minimum Gasteiger partial charge on any atom is -0.383 e. The van der Waals surface area contributed by atoms with E-state index in [2.05, 4.69) is 20.9 Å². The van der Waals surface area contributed by atoms with E-state index in [-0.39, 0.29) is 34.1 Å². The molecule has 76 heavy (non-hydrogen) atoms. The molecule has 5 rings (SSSR count). The molecule has 0 aromatic heterocycles. The molecule has 0 aliphatic heterocycles. The Bertz CT molecular complexity index is 3760. The molecule has 5 aromatic rings. The van der Waals surface area contributed by atoms with Crippen molar-refractivity contribution in [2.24, 2.45) is 0 Å². The second-order valence-corrected chi connectivity index (χ2v) is 22.0. The van der Waals surface area contributed by atoms with E-state index in [4.69, 9.17) is 26.3 Å². The van der Waals surface area contributed by atoms with Gasteiger partial charge in [0.15, 0.2) is 0 Å². The summed E-state index contributed by atoms with van der Waals surface area (Å²) in [6.45, 7) is 1.72. The Kier molecular flexibility index (Phi) is 23.3. The first kappa shape index (κ1) is 64.9. The van der Waals surface area contributed by atoms with Crippen LogP contribution in [-0.4, -0.2) is 83.2 Å². The Balaban J connectivity index is 0.000000478. The SMILES string of the molecule is CS(=O)(=O)Oc1cc(C#N)c([N+](=O)[O-])cc1[N+](=O)[O-].CS(=O)(=O)Oc1cc(C#N)cc(C#N)c1.CS(=O)(=O)Oc1ccc(C#N)cc1.CS(=O)(=O)Oc1cccc(C(F)(F)F)c1.Cc1cc(OS(C)(=O)=O)ccc1C#N. The van der Waals surface area contributed by atoms with Crippen molar-refractivity contribution in [1.29, 1.82) is 26.3 Å². The van der Waals surface area contributed by atoms with E-state index in [0.29, 0.717) is 41.1 Å². The Morgan fingerprint density at radius 2 is 0.855 bits per heavy atom. The van der Waals surface area contributed by atoms with Crippen molar-refractivity contribution >= 4 is 62.0 Å². The molecule has 0 atom stereocenters. The van der Waals surface area contributed by atoms with E-state index in [1.54, 1.807) is 19.1 Å². The van der Waals surface area contributed by atoms with E-state index < -0.39 is 94.9 Å². The maximum absolute atomic E-state index is 12.2. The van der Waals surface area contributed by atoms with Crippen molar-refractivity contribution in [1.82, 2.24) is 0 Å². The molecule has 0 spiro atoms. The highest BCUT2D eigenvalue weighted by atomic mass is 32.2. The third-order valence-corrected chi connectivity index (χ3v) is 9.91. The van der Waals surface area contributed by atoms with Crippen LogP contribution in [0.5, 0.6) is 28.7 Å². The van der Waals surface area contributed by atoms with Crippen LogP contribution in [-0.2, 0) is 56.8 Å². The van der Waals surface area contributed by atoms with Gasteiger partial charge in [0.05, 0.1) is 99.3 Å². The molecule has 34 heteroatoms. The van der Waals surface area contributed by atoms with Crippen LogP contribution < -0.4 is 20.9 Å². The lowest BCUT2D eigenvalue weighted by molar-refractivity contribution is -0.394. The number of halogens is 3. The number of nitriles is 5. The van der Waals surface area contributed by atoms with Crippen LogP contribution >= 0.6 is 0 Å². The van der Waals surface area contributed by atoms with Gasteiger partial charge >= 0.3 is 62.5 Å². The number of hydrogen-bond acceptors (Lipinski definition) is 24. The lowest BCUT2D eigenvalue weighted by atomic mass is 10.1. The lowest BCUT2D eigenvalue weighted by Crippen LogP contribution is -2.08. The van der Waals surface area contributed by atoms with Crippen LogP contribution in [0.3, 0.4) is 0 Å². The molecule has 0 unspecified atom stereocenters. The minimum atomic E-state index is -4.52. The molecule has 402 valence electrons. The second-order valence-electron chi connectivity index (χ2n) is 14.1. The summed E-state index contributed by atoms with van der Waals surface area (Å²) in [5.41, 5.74) is -1.23. The van der Waals surface area contributed by atoms with Crippen molar-refractivity contribution in [3.8, 4) is 59.1 Å². The number of nitro groups is 2. The van der Waals surface area contributed by atoms with Crippen molar-refractivity contribution < 1.29 is 86.0 Å². The highest BCUT2D eigenvalue weighted by Gasteiger charge is 2.31. The van der Waals surface area contributed by atoms with E-state index >= 15 is 0 Å². The van der Waals surface area contributed by atoms with Gasteiger partial charge in [0.1, 0.15) is 34.6 Å². The van der Waals surface area contributed by atoms with Crippen molar-refractivity contribution in [3.63, 3.8) is 0 Å². The summed E-state index contributed by atoms with van der Waals surface area (Å²) in [5, 5.41) is 64.3. The second kappa shape index (κ2) is 27.3. The van der Waals surface area contributed by atoms with Gasteiger partial charge in [-0.05, 0) is 91.3 Å². The normalized spacial score (nSPS) is 10.8. The Morgan fingerprint density at radius 3 is 1.24 bits per heavy atom. The van der Waals surface area contributed by atoms with E-state index in [1.165, 1.54) is 66.7 Å². The van der Waals surface area contributed by atoms with E-state index in [1.807, 2.05) is 12.1 Å². The van der Waals surface area contributed by atoms with Gasteiger partial charge in [0, 0.05) is 6.07 Å². The number of aryl methyl sites for hydroxylation is 1. The first-order valence-electron chi connectivity index (χ1n) is 19.2. The molecule has 0 saturated heterocycles. The topological polar surface area (TPSA) is 422 Å². The van der Waals surface area contributed by atoms with Gasteiger partial charge in [-0.25, -0.2) is 0 Å². The molecule has 5 aromatic carbocycles. The van der Waals surface area contributed by atoms with Crippen molar-refractivity contribution in [2.45, 2.75) is 13.1 Å². The minimum absolute atomic E-state index is 0.0342. The summed E-state index contributed by atoms with van der Waals surface area (Å²) >= 11 is 0. The average Bonchev–Trinajstić information content (AvgIpc) is 3.27. The van der Waals surface area contributed by atoms with Crippen LogP contribution in [0.4, 0.5) is 24.5 Å². The number of hydrogen-bond donors (Lipinski definition) is 0. The largest absolute Gasteiger partial charge is 0.416 e.